The molecule has 0 bridgehead atoms. The second-order valence-corrected chi connectivity index (χ2v) is 5.76. The average Bonchev–Trinajstić information content (AvgIpc) is 3.10. The highest BCUT2D eigenvalue weighted by molar-refractivity contribution is 6.22. The Labute approximate surface area is 152 Å². The smallest absolute Gasteiger partial charge is 0.262 e. The summed E-state index contributed by atoms with van der Waals surface area (Å²) in [7, 11) is 1.78. The van der Waals surface area contributed by atoms with E-state index in [0.29, 0.717) is 30.2 Å². The molecule has 3 aliphatic heterocycles. The number of hydrogen-bond acceptors (Lipinski definition) is 5. The van der Waals surface area contributed by atoms with Gasteiger partial charge in [-0.1, -0.05) is 6.58 Å². The summed E-state index contributed by atoms with van der Waals surface area (Å²) in [4.78, 5) is 20.5. The van der Waals surface area contributed by atoms with Gasteiger partial charge in [0.15, 0.2) is 5.82 Å². The molecule has 0 N–H and O–H groups in total. The third-order valence-corrected chi connectivity index (χ3v) is 4.24. The number of amides is 1. The molecular weight excluding hydrogens is 368 g/mol. The summed E-state index contributed by atoms with van der Waals surface area (Å²) in [6.07, 6.45) is 0.836. The molecule has 1 aromatic rings. The van der Waals surface area contributed by atoms with E-state index in [1.807, 2.05) is 0 Å². The number of benzene rings is 1. The number of anilines is 2. The van der Waals surface area contributed by atoms with E-state index in [9.17, 15) is 22.4 Å². The highest BCUT2D eigenvalue weighted by atomic mass is 19.3. The Bertz CT molecular complexity index is 856. The van der Waals surface area contributed by atoms with Gasteiger partial charge in [-0.15, -0.1) is 0 Å². The molecular formula is C17H16F4N4O2. The lowest BCUT2D eigenvalue weighted by atomic mass is 10.1. The van der Waals surface area contributed by atoms with Gasteiger partial charge in [0, 0.05) is 25.4 Å². The second-order valence-electron chi connectivity index (χ2n) is 5.76. The van der Waals surface area contributed by atoms with E-state index in [1.54, 1.807) is 11.9 Å². The standard InChI is InChI=1S/C16H14F2N4O2.CH2F2/c1-9-8-24-13-5-10(17)11(6-12(13)20(9)2)22-15(23)7-14(18)21-4-3-19-16(21)22;2-1-3/h5-7H,1,3-4,8H2,2H3;1H2. The van der Waals surface area contributed by atoms with Gasteiger partial charge < -0.3 is 9.64 Å². The van der Waals surface area contributed by atoms with Crippen LogP contribution in [0.15, 0.2) is 41.4 Å². The number of hydrogen-bond donors (Lipinski definition) is 0. The van der Waals surface area contributed by atoms with Gasteiger partial charge in [-0.25, -0.2) is 18.1 Å². The number of alkyl halides is 2. The molecule has 0 radical (unpaired) electrons. The minimum Gasteiger partial charge on any atom is -0.485 e. The van der Waals surface area contributed by atoms with Crippen molar-refractivity contribution in [3.63, 3.8) is 0 Å². The number of likely N-dealkylation sites (N-methyl/N-ethyl adjacent to an activating group) is 1. The van der Waals surface area contributed by atoms with E-state index in [2.05, 4.69) is 11.6 Å². The molecule has 10 heteroatoms. The number of carbonyl (C=O) groups excluding carboxylic acids is 1. The molecule has 0 fully saturated rings. The van der Waals surface area contributed by atoms with Crippen molar-refractivity contribution in [1.29, 1.82) is 0 Å². The molecule has 0 unspecified atom stereocenters. The van der Waals surface area contributed by atoms with Crippen LogP contribution >= 0.6 is 0 Å². The van der Waals surface area contributed by atoms with Gasteiger partial charge in [-0.05, 0) is 6.07 Å². The van der Waals surface area contributed by atoms with Gasteiger partial charge in [-0.2, -0.15) is 4.39 Å². The Morgan fingerprint density at radius 1 is 1.26 bits per heavy atom. The van der Waals surface area contributed by atoms with E-state index in [-0.39, 0.29) is 18.3 Å². The molecule has 0 aromatic heterocycles. The predicted octanol–water partition coefficient (Wildman–Crippen LogP) is 2.88. The molecule has 0 saturated carbocycles. The first-order valence-corrected chi connectivity index (χ1v) is 7.92. The van der Waals surface area contributed by atoms with Crippen LogP contribution in [0, 0.1) is 5.82 Å². The molecule has 1 aromatic carbocycles. The third kappa shape index (κ3) is 3.22. The van der Waals surface area contributed by atoms with E-state index in [4.69, 9.17) is 4.74 Å². The van der Waals surface area contributed by atoms with Crippen molar-refractivity contribution in [2.24, 2.45) is 4.99 Å². The first-order chi connectivity index (χ1) is 12.9. The normalized spacial score (nSPS) is 18.2. The van der Waals surface area contributed by atoms with Crippen molar-refractivity contribution in [1.82, 2.24) is 4.90 Å². The van der Waals surface area contributed by atoms with Crippen LogP contribution in [0.1, 0.15) is 0 Å². The summed E-state index contributed by atoms with van der Waals surface area (Å²) in [5.74, 6) is -1.55. The number of fused-ring (bicyclic) bond motifs is 2. The van der Waals surface area contributed by atoms with Crippen molar-refractivity contribution in [2.75, 3.05) is 43.5 Å². The Morgan fingerprint density at radius 3 is 2.67 bits per heavy atom. The van der Waals surface area contributed by atoms with Crippen LogP contribution in [0.2, 0.25) is 0 Å². The van der Waals surface area contributed by atoms with Crippen LogP contribution in [0.4, 0.5) is 28.9 Å². The van der Waals surface area contributed by atoms with E-state index in [1.165, 1.54) is 17.0 Å². The minimum absolute atomic E-state index is 0.00157. The zero-order valence-corrected chi connectivity index (χ0v) is 14.4. The molecule has 27 heavy (non-hydrogen) atoms. The molecule has 1 amide bonds. The lowest BCUT2D eigenvalue weighted by Crippen LogP contribution is -2.48. The van der Waals surface area contributed by atoms with Crippen molar-refractivity contribution >= 4 is 23.2 Å². The van der Waals surface area contributed by atoms with Crippen LogP contribution in [-0.2, 0) is 4.79 Å². The number of nitrogens with zero attached hydrogens (tertiary/aromatic N) is 4. The molecule has 6 nitrogen and oxygen atoms in total. The second kappa shape index (κ2) is 7.29. The fourth-order valence-electron chi connectivity index (χ4n) is 2.91. The summed E-state index contributed by atoms with van der Waals surface area (Å²) in [5.41, 5.74) is 1.28. The topological polar surface area (TPSA) is 48.4 Å². The van der Waals surface area contributed by atoms with Crippen LogP contribution in [0.5, 0.6) is 5.75 Å². The highest BCUT2D eigenvalue weighted by Crippen LogP contribution is 2.40. The fraction of sp³-hybridized carbons (Fsp3) is 0.294. The molecule has 3 heterocycles. The number of rotatable bonds is 1. The van der Waals surface area contributed by atoms with Gasteiger partial charge in [0.1, 0.15) is 12.4 Å². The summed E-state index contributed by atoms with van der Waals surface area (Å²) in [6, 6.07) is 2.71. The molecule has 3 aliphatic rings. The van der Waals surface area contributed by atoms with Crippen LogP contribution < -0.4 is 14.5 Å². The van der Waals surface area contributed by atoms with Gasteiger partial charge in [0.05, 0.1) is 24.0 Å². The summed E-state index contributed by atoms with van der Waals surface area (Å²) in [6.45, 7) is 3.04. The number of halogens is 4. The maximum atomic E-state index is 14.6. The van der Waals surface area contributed by atoms with E-state index in [0.717, 1.165) is 11.0 Å². The van der Waals surface area contributed by atoms with Gasteiger partial charge in [0.2, 0.25) is 18.8 Å². The molecule has 0 spiro atoms. The number of aliphatic imine (C=N–C) groups is 1. The van der Waals surface area contributed by atoms with Crippen LogP contribution in [0.25, 0.3) is 0 Å². The van der Waals surface area contributed by atoms with Gasteiger partial charge in [-0.3, -0.25) is 14.7 Å². The van der Waals surface area contributed by atoms with Crippen molar-refractivity contribution in [2.45, 2.75) is 0 Å². The first-order valence-electron chi connectivity index (χ1n) is 7.92. The number of ether oxygens (including phenoxy) is 1. The van der Waals surface area contributed by atoms with Crippen molar-refractivity contribution in [3.05, 3.63) is 42.3 Å². The summed E-state index contributed by atoms with van der Waals surface area (Å²) in [5, 5.41) is 0. The van der Waals surface area contributed by atoms with Gasteiger partial charge >= 0.3 is 0 Å². The average molecular weight is 384 g/mol. The molecule has 0 aliphatic carbocycles. The quantitative estimate of drug-likeness (QED) is 0.552. The Hall–Kier alpha value is -3.04. The van der Waals surface area contributed by atoms with Crippen LogP contribution in [-0.4, -0.2) is 50.4 Å². The number of guanidine groups is 1. The zero-order valence-electron chi connectivity index (χ0n) is 14.4. The molecule has 144 valence electrons. The SMILES string of the molecule is C=C1COc2cc(F)c(N3C(=O)C=C(F)N4CCN=C43)cc2N1C.FCF. The third-order valence-electron chi connectivity index (χ3n) is 4.24. The first kappa shape index (κ1) is 18.7. The molecule has 0 saturated heterocycles. The summed E-state index contributed by atoms with van der Waals surface area (Å²) < 4.78 is 53.2. The Kier molecular flexibility index (Phi) is 5.06. The predicted molar refractivity (Wildman–Crippen MR) is 92.2 cm³/mol. The largest absolute Gasteiger partial charge is 0.485 e. The molecule has 0 atom stereocenters. The lowest BCUT2D eigenvalue weighted by molar-refractivity contribution is -0.113. The Balaban J connectivity index is 0.000000659. The maximum absolute atomic E-state index is 14.6. The van der Waals surface area contributed by atoms with Gasteiger partial charge in [0.25, 0.3) is 5.91 Å². The Morgan fingerprint density at radius 2 is 1.96 bits per heavy atom. The van der Waals surface area contributed by atoms with E-state index >= 15 is 0 Å². The highest BCUT2D eigenvalue weighted by Gasteiger charge is 2.37. The van der Waals surface area contributed by atoms with Crippen molar-refractivity contribution in [3.8, 4) is 5.75 Å². The van der Waals surface area contributed by atoms with Crippen molar-refractivity contribution < 1.29 is 27.1 Å². The van der Waals surface area contributed by atoms with E-state index < -0.39 is 24.6 Å². The summed E-state index contributed by atoms with van der Waals surface area (Å²) >= 11 is 0. The van der Waals surface area contributed by atoms with Crippen LogP contribution in [0.3, 0.4) is 0 Å². The lowest BCUT2D eigenvalue weighted by Gasteiger charge is -2.34. The fourth-order valence-corrected chi connectivity index (χ4v) is 2.91. The minimum atomic E-state index is -1.75. The number of carbonyl (C=O) groups is 1. The maximum Gasteiger partial charge on any atom is 0.262 e. The molecule has 4 rings (SSSR count). The monoisotopic (exact) mass is 384 g/mol. The zero-order chi connectivity index (χ0) is 19.7.